The van der Waals surface area contributed by atoms with Gasteiger partial charge in [0.1, 0.15) is 5.76 Å². The molecule has 0 spiro atoms. The van der Waals surface area contributed by atoms with Crippen molar-refractivity contribution in [2.45, 2.75) is 31.2 Å². The molecule has 1 aliphatic carbocycles. The van der Waals surface area contributed by atoms with Gasteiger partial charge in [0, 0.05) is 48.3 Å². The fourth-order valence-electron chi connectivity index (χ4n) is 3.55. The highest BCUT2D eigenvalue weighted by Gasteiger charge is 2.33. The van der Waals surface area contributed by atoms with Crippen LogP contribution >= 0.6 is 11.6 Å². The molecule has 1 fully saturated rings. The van der Waals surface area contributed by atoms with Gasteiger partial charge in [-0.1, -0.05) is 17.7 Å². The first-order valence-corrected chi connectivity index (χ1v) is 8.94. The Labute approximate surface area is 150 Å². The van der Waals surface area contributed by atoms with E-state index in [0.717, 1.165) is 54.2 Å². The zero-order chi connectivity index (χ0) is 16.8. The van der Waals surface area contributed by atoms with E-state index in [-0.39, 0.29) is 0 Å². The Morgan fingerprint density at radius 2 is 2.00 bits per heavy atom. The fourth-order valence-corrected chi connectivity index (χ4v) is 3.74. The highest BCUT2D eigenvalue weighted by molar-refractivity contribution is 6.30. The van der Waals surface area contributed by atoms with Crippen LogP contribution < -0.4 is 5.32 Å². The molecule has 2 aromatic heterocycles. The third-order valence-corrected chi connectivity index (χ3v) is 5.13. The zero-order valence-electron chi connectivity index (χ0n) is 13.6. The minimum Gasteiger partial charge on any atom is -0.441 e. The first kappa shape index (κ1) is 15.0. The average molecular weight is 353 g/mol. The molecule has 0 saturated carbocycles. The van der Waals surface area contributed by atoms with Crippen LogP contribution in [0.15, 0.2) is 41.1 Å². The smallest absolute Gasteiger partial charge is 0.226 e. The summed E-state index contributed by atoms with van der Waals surface area (Å²) in [5.74, 6) is 1.98. The number of hydrogen-bond donors (Lipinski definition) is 1. The van der Waals surface area contributed by atoms with Gasteiger partial charge in [-0.2, -0.15) is 0 Å². The molecular formula is C19H17ClN4O. The molecule has 3 heterocycles. The van der Waals surface area contributed by atoms with Crippen molar-refractivity contribution < 1.29 is 4.42 Å². The van der Waals surface area contributed by atoms with Crippen molar-refractivity contribution in [3.63, 3.8) is 0 Å². The van der Waals surface area contributed by atoms with Gasteiger partial charge in [-0.25, -0.2) is 4.98 Å². The number of nitrogens with zero attached hydrogens (tertiary/aromatic N) is 3. The van der Waals surface area contributed by atoms with Crippen molar-refractivity contribution in [3.8, 4) is 11.5 Å². The Hall–Kier alpha value is -2.24. The van der Waals surface area contributed by atoms with E-state index in [9.17, 15) is 0 Å². The second-order valence-electron chi connectivity index (χ2n) is 6.63. The fraction of sp³-hybridized carbons (Fsp3) is 0.316. The van der Waals surface area contributed by atoms with Crippen LogP contribution in [0.3, 0.4) is 0 Å². The molecule has 126 valence electrons. The Morgan fingerprint density at radius 3 is 2.80 bits per heavy atom. The van der Waals surface area contributed by atoms with Crippen LogP contribution in [0.25, 0.3) is 11.5 Å². The lowest BCUT2D eigenvalue weighted by Crippen LogP contribution is -2.16. The largest absolute Gasteiger partial charge is 0.441 e. The van der Waals surface area contributed by atoms with Crippen molar-refractivity contribution in [1.29, 1.82) is 0 Å². The lowest BCUT2D eigenvalue weighted by Gasteiger charge is -2.21. The Bertz CT molecular complexity index is 935. The minimum absolute atomic E-state index is 0.343. The predicted octanol–water partition coefficient (Wildman–Crippen LogP) is 3.70. The van der Waals surface area contributed by atoms with Crippen LogP contribution in [0.4, 0.5) is 0 Å². The van der Waals surface area contributed by atoms with Crippen molar-refractivity contribution in [3.05, 3.63) is 64.5 Å². The summed E-state index contributed by atoms with van der Waals surface area (Å²) < 4.78 is 6.00. The molecule has 25 heavy (non-hydrogen) atoms. The van der Waals surface area contributed by atoms with Crippen molar-refractivity contribution in [2.75, 3.05) is 6.54 Å². The number of rotatable bonds is 3. The Kier molecular flexibility index (Phi) is 3.57. The minimum atomic E-state index is 0.343. The maximum absolute atomic E-state index is 6.09. The molecule has 2 aliphatic rings. The van der Waals surface area contributed by atoms with E-state index in [1.54, 1.807) is 12.4 Å². The molecule has 3 aromatic rings. The third kappa shape index (κ3) is 2.83. The van der Waals surface area contributed by atoms with Crippen molar-refractivity contribution >= 4 is 11.6 Å². The van der Waals surface area contributed by atoms with Gasteiger partial charge in [0.05, 0.1) is 23.1 Å². The van der Waals surface area contributed by atoms with E-state index in [1.165, 1.54) is 0 Å². The van der Waals surface area contributed by atoms with E-state index >= 15 is 0 Å². The number of hydrogen-bond acceptors (Lipinski definition) is 5. The maximum Gasteiger partial charge on any atom is 0.226 e. The van der Waals surface area contributed by atoms with Gasteiger partial charge in [0.25, 0.3) is 0 Å². The van der Waals surface area contributed by atoms with Crippen LogP contribution in [0, 0.1) is 0 Å². The summed E-state index contributed by atoms with van der Waals surface area (Å²) in [5.41, 5.74) is 4.15. The van der Waals surface area contributed by atoms with Crippen LogP contribution in [-0.4, -0.2) is 21.5 Å². The number of aryl methyl sites for hydroxylation is 1. The standard InChI is InChI=1S/C19H17ClN4O/c20-13-3-1-2-12(8-13)19-24-14-9-11(4-5-16(14)25-19)17-18(15-10-23-15)22-7-6-21-17/h1-3,6-8,11,15,23H,4-5,9-10H2. The van der Waals surface area contributed by atoms with Crippen LogP contribution in [0.5, 0.6) is 0 Å². The molecule has 0 bridgehead atoms. The van der Waals surface area contributed by atoms with E-state index in [4.69, 9.17) is 21.0 Å². The van der Waals surface area contributed by atoms with Crippen LogP contribution in [-0.2, 0) is 12.8 Å². The third-order valence-electron chi connectivity index (χ3n) is 4.89. The van der Waals surface area contributed by atoms with Crippen molar-refractivity contribution in [1.82, 2.24) is 20.3 Å². The zero-order valence-corrected chi connectivity index (χ0v) is 14.3. The van der Waals surface area contributed by atoms with Gasteiger partial charge in [-0.3, -0.25) is 9.97 Å². The number of nitrogens with one attached hydrogen (secondary N) is 1. The summed E-state index contributed by atoms with van der Waals surface area (Å²) in [6.07, 6.45) is 6.30. The molecule has 2 unspecified atom stereocenters. The first-order valence-electron chi connectivity index (χ1n) is 8.56. The predicted molar refractivity (Wildman–Crippen MR) is 94.5 cm³/mol. The van der Waals surface area contributed by atoms with Gasteiger partial charge < -0.3 is 9.73 Å². The lowest BCUT2D eigenvalue weighted by molar-refractivity contribution is 0.459. The normalized spacial score (nSPS) is 21.8. The number of oxazole rings is 1. The molecule has 1 saturated heterocycles. The first-order chi connectivity index (χ1) is 12.3. The van der Waals surface area contributed by atoms with E-state index in [2.05, 4.69) is 15.3 Å². The highest BCUT2D eigenvalue weighted by Crippen LogP contribution is 2.37. The van der Waals surface area contributed by atoms with Crippen molar-refractivity contribution in [2.24, 2.45) is 0 Å². The number of aromatic nitrogens is 3. The van der Waals surface area contributed by atoms with Gasteiger partial charge in [-0.05, 0) is 24.6 Å². The van der Waals surface area contributed by atoms with Crippen LogP contribution in [0.1, 0.15) is 41.2 Å². The molecule has 0 radical (unpaired) electrons. The second kappa shape index (κ2) is 5.93. The SMILES string of the molecule is Clc1cccc(-c2nc3c(o2)CCC(c2nccnc2C2CN2)C3)c1. The number of fused-ring (bicyclic) bond motifs is 1. The topological polar surface area (TPSA) is 73.8 Å². The molecule has 1 aromatic carbocycles. The summed E-state index contributed by atoms with van der Waals surface area (Å²) >= 11 is 6.09. The molecule has 6 heteroatoms. The molecule has 0 amide bonds. The molecule has 1 N–H and O–H groups in total. The average Bonchev–Trinajstić information content (AvgIpc) is 3.40. The summed E-state index contributed by atoms with van der Waals surface area (Å²) in [6, 6.07) is 7.99. The number of benzene rings is 1. The van der Waals surface area contributed by atoms with E-state index in [1.807, 2.05) is 24.3 Å². The Morgan fingerprint density at radius 1 is 1.16 bits per heavy atom. The molecule has 5 nitrogen and oxygen atoms in total. The van der Waals surface area contributed by atoms with Crippen LogP contribution in [0.2, 0.25) is 5.02 Å². The quantitative estimate of drug-likeness (QED) is 0.727. The second-order valence-corrected chi connectivity index (χ2v) is 7.06. The van der Waals surface area contributed by atoms with E-state index in [0.29, 0.717) is 22.9 Å². The summed E-state index contributed by atoms with van der Waals surface area (Å²) in [7, 11) is 0. The molecule has 1 aliphatic heterocycles. The van der Waals surface area contributed by atoms with Gasteiger partial charge >= 0.3 is 0 Å². The van der Waals surface area contributed by atoms with Gasteiger partial charge in [0.2, 0.25) is 5.89 Å². The Balaban J connectivity index is 1.45. The summed E-state index contributed by atoms with van der Waals surface area (Å²) in [4.78, 5) is 13.9. The highest BCUT2D eigenvalue weighted by atomic mass is 35.5. The lowest BCUT2D eigenvalue weighted by atomic mass is 9.86. The monoisotopic (exact) mass is 352 g/mol. The van der Waals surface area contributed by atoms with E-state index < -0.39 is 0 Å². The maximum atomic E-state index is 6.09. The molecular weight excluding hydrogens is 336 g/mol. The summed E-state index contributed by atoms with van der Waals surface area (Å²) in [6.45, 7) is 0.993. The molecule has 2 atom stereocenters. The van der Waals surface area contributed by atoms with Gasteiger partial charge in [0.15, 0.2) is 0 Å². The van der Waals surface area contributed by atoms with Gasteiger partial charge in [-0.15, -0.1) is 0 Å². The number of halogens is 1. The summed E-state index contributed by atoms with van der Waals surface area (Å²) in [5, 5.41) is 4.02. The molecule has 5 rings (SSSR count).